The van der Waals surface area contributed by atoms with Gasteiger partial charge in [-0.2, -0.15) is 0 Å². The number of hydrogen-bond donors (Lipinski definition) is 3. The van der Waals surface area contributed by atoms with Crippen LogP contribution in [0.2, 0.25) is 0 Å². The normalized spacial score (nSPS) is 12.5. The molecule has 0 saturated carbocycles. The molecule has 5 heteroatoms. The molecule has 0 aliphatic rings. The van der Waals surface area contributed by atoms with Crippen LogP contribution >= 0.6 is 0 Å². The van der Waals surface area contributed by atoms with Gasteiger partial charge in [-0.05, 0) is 30.5 Å². The van der Waals surface area contributed by atoms with Crippen LogP contribution in [0.3, 0.4) is 0 Å². The summed E-state index contributed by atoms with van der Waals surface area (Å²) in [6, 6.07) is 3.78. The molecule has 0 saturated heterocycles. The van der Waals surface area contributed by atoms with Gasteiger partial charge in [-0.3, -0.25) is 4.79 Å². The average molecular weight is 254 g/mol. The predicted octanol–water partition coefficient (Wildman–Crippen LogP) is 1.54. The number of halogens is 1. The number of benzene rings is 1. The molecule has 4 nitrogen and oxygen atoms in total. The van der Waals surface area contributed by atoms with Gasteiger partial charge in [0, 0.05) is 12.1 Å². The van der Waals surface area contributed by atoms with Crippen molar-refractivity contribution in [2.24, 2.45) is 5.92 Å². The fourth-order valence-corrected chi connectivity index (χ4v) is 1.63. The lowest BCUT2D eigenvalue weighted by Crippen LogP contribution is -2.32. The van der Waals surface area contributed by atoms with Crippen LogP contribution in [-0.2, 0) is 0 Å². The smallest absolute Gasteiger partial charge is 0.251 e. The topological polar surface area (TPSA) is 75.3 Å². The molecule has 0 bridgehead atoms. The first-order valence-corrected chi connectivity index (χ1v) is 5.91. The van der Waals surface area contributed by atoms with Crippen molar-refractivity contribution < 1.29 is 14.3 Å². The lowest BCUT2D eigenvalue weighted by atomic mass is 10.1. The third kappa shape index (κ3) is 4.33. The summed E-state index contributed by atoms with van der Waals surface area (Å²) in [6.45, 7) is 4.16. The van der Waals surface area contributed by atoms with Gasteiger partial charge >= 0.3 is 0 Å². The Kier molecular flexibility index (Phi) is 5.09. The minimum atomic E-state index is -0.577. The summed E-state index contributed by atoms with van der Waals surface area (Å²) >= 11 is 0. The van der Waals surface area contributed by atoms with E-state index in [0.29, 0.717) is 12.3 Å². The number of nitrogens with two attached hydrogens (primary N) is 1. The van der Waals surface area contributed by atoms with Crippen molar-refractivity contribution in [3.05, 3.63) is 29.6 Å². The summed E-state index contributed by atoms with van der Waals surface area (Å²) in [5.74, 6) is -0.561. The Morgan fingerprint density at radius 3 is 2.72 bits per heavy atom. The zero-order valence-corrected chi connectivity index (χ0v) is 10.6. The molecule has 0 heterocycles. The zero-order valence-electron chi connectivity index (χ0n) is 10.6. The molecule has 100 valence electrons. The first-order chi connectivity index (χ1) is 8.40. The van der Waals surface area contributed by atoms with Gasteiger partial charge in [0.15, 0.2) is 0 Å². The van der Waals surface area contributed by atoms with Crippen LogP contribution < -0.4 is 11.1 Å². The van der Waals surface area contributed by atoms with Gasteiger partial charge in [0.25, 0.3) is 5.91 Å². The highest BCUT2D eigenvalue weighted by molar-refractivity contribution is 5.95. The standard InChI is InChI=1S/C13H19FN2O2/c1-8(2)5-10(17)7-16-13(18)9-3-4-11(14)12(15)6-9/h3-4,6,8,10,17H,5,7,15H2,1-2H3,(H,16,18). The SMILES string of the molecule is CC(C)CC(O)CNC(=O)c1ccc(F)c(N)c1. The number of amides is 1. The number of carbonyl (C=O) groups excluding carboxylic acids is 1. The molecule has 0 aliphatic carbocycles. The number of aliphatic hydroxyl groups is 1. The van der Waals surface area contributed by atoms with E-state index in [1.807, 2.05) is 13.8 Å². The van der Waals surface area contributed by atoms with Crippen molar-refractivity contribution in [2.75, 3.05) is 12.3 Å². The number of hydrogen-bond acceptors (Lipinski definition) is 3. The lowest BCUT2D eigenvalue weighted by molar-refractivity contribution is 0.0900. The largest absolute Gasteiger partial charge is 0.396 e. The van der Waals surface area contributed by atoms with Crippen LogP contribution in [0.5, 0.6) is 0 Å². The van der Waals surface area contributed by atoms with Gasteiger partial charge in [-0.1, -0.05) is 13.8 Å². The third-order valence-corrected chi connectivity index (χ3v) is 2.50. The van der Waals surface area contributed by atoms with Crippen molar-refractivity contribution >= 4 is 11.6 Å². The zero-order chi connectivity index (χ0) is 13.7. The number of nitrogen functional groups attached to an aromatic ring is 1. The quantitative estimate of drug-likeness (QED) is 0.698. The highest BCUT2D eigenvalue weighted by atomic mass is 19.1. The van der Waals surface area contributed by atoms with Gasteiger partial charge in [0.2, 0.25) is 0 Å². The van der Waals surface area contributed by atoms with E-state index < -0.39 is 11.9 Å². The molecule has 1 unspecified atom stereocenters. The molecule has 0 aromatic heterocycles. The van der Waals surface area contributed by atoms with Crippen molar-refractivity contribution in [2.45, 2.75) is 26.4 Å². The molecule has 1 amide bonds. The van der Waals surface area contributed by atoms with Crippen molar-refractivity contribution in [1.29, 1.82) is 0 Å². The second-order valence-electron chi connectivity index (χ2n) is 4.73. The molecule has 4 N–H and O–H groups in total. The van der Waals surface area contributed by atoms with Crippen LogP contribution in [0.25, 0.3) is 0 Å². The number of nitrogens with one attached hydrogen (secondary N) is 1. The summed E-state index contributed by atoms with van der Waals surface area (Å²) in [6.07, 6.45) is 0.0398. The van der Waals surface area contributed by atoms with Gasteiger partial charge in [-0.25, -0.2) is 4.39 Å². The minimum Gasteiger partial charge on any atom is -0.396 e. The first-order valence-electron chi connectivity index (χ1n) is 5.91. The molecule has 1 aromatic carbocycles. The molecule has 0 fully saturated rings. The lowest BCUT2D eigenvalue weighted by Gasteiger charge is -2.14. The molecule has 1 aromatic rings. The maximum atomic E-state index is 12.9. The maximum Gasteiger partial charge on any atom is 0.251 e. The van der Waals surface area contributed by atoms with E-state index >= 15 is 0 Å². The summed E-state index contributed by atoms with van der Waals surface area (Å²) in [5, 5.41) is 12.2. The van der Waals surface area contributed by atoms with E-state index in [9.17, 15) is 14.3 Å². The van der Waals surface area contributed by atoms with E-state index in [2.05, 4.69) is 5.32 Å². The molecular formula is C13H19FN2O2. The fourth-order valence-electron chi connectivity index (χ4n) is 1.63. The molecule has 0 radical (unpaired) electrons. The predicted molar refractivity (Wildman–Crippen MR) is 68.6 cm³/mol. The third-order valence-electron chi connectivity index (χ3n) is 2.50. The number of carbonyl (C=O) groups is 1. The molecule has 1 rings (SSSR count). The monoisotopic (exact) mass is 254 g/mol. The summed E-state index contributed by atoms with van der Waals surface area (Å²) in [7, 11) is 0. The van der Waals surface area contributed by atoms with Gasteiger partial charge in [0.05, 0.1) is 11.8 Å². The second-order valence-corrected chi connectivity index (χ2v) is 4.73. The van der Waals surface area contributed by atoms with Crippen LogP contribution in [0.15, 0.2) is 18.2 Å². The highest BCUT2D eigenvalue weighted by Crippen LogP contribution is 2.12. The number of anilines is 1. The van der Waals surface area contributed by atoms with Crippen molar-refractivity contribution in [1.82, 2.24) is 5.32 Å². The summed E-state index contributed by atoms with van der Waals surface area (Å²) in [5.41, 5.74) is 5.59. The van der Waals surface area contributed by atoms with E-state index in [0.717, 1.165) is 6.07 Å². The Morgan fingerprint density at radius 2 is 2.17 bits per heavy atom. The van der Waals surface area contributed by atoms with Crippen LogP contribution in [0.1, 0.15) is 30.6 Å². The number of rotatable bonds is 5. The van der Waals surface area contributed by atoms with Gasteiger partial charge in [0.1, 0.15) is 5.82 Å². The van der Waals surface area contributed by atoms with E-state index in [1.165, 1.54) is 12.1 Å². The Morgan fingerprint density at radius 1 is 1.50 bits per heavy atom. The second kappa shape index (κ2) is 6.35. The minimum absolute atomic E-state index is 0.0645. The molecule has 18 heavy (non-hydrogen) atoms. The van der Waals surface area contributed by atoms with Crippen LogP contribution in [-0.4, -0.2) is 23.7 Å². The van der Waals surface area contributed by atoms with Crippen LogP contribution in [0.4, 0.5) is 10.1 Å². The van der Waals surface area contributed by atoms with Crippen LogP contribution in [0, 0.1) is 11.7 Å². The average Bonchev–Trinajstić information content (AvgIpc) is 2.28. The van der Waals surface area contributed by atoms with E-state index in [1.54, 1.807) is 0 Å². The Balaban J connectivity index is 2.52. The fraction of sp³-hybridized carbons (Fsp3) is 0.462. The summed E-state index contributed by atoms with van der Waals surface area (Å²) in [4.78, 5) is 11.7. The Hall–Kier alpha value is -1.62. The molecular weight excluding hydrogens is 235 g/mol. The molecule has 0 spiro atoms. The van der Waals surface area contributed by atoms with Crippen molar-refractivity contribution in [3.8, 4) is 0 Å². The molecule has 1 atom stereocenters. The first kappa shape index (κ1) is 14.4. The maximum absolute atomic E-state index is 12.9. The molecule has 0 aliphatic heterocycles. The van der Waals surface area contributed by atoms with E-state index in [-0.39, 0.29) is 23.7 Å². The Bertz CT molecular complexity index is 421. The van der Waals surface area contributed by atoms with Crippen molar-refractivity contribution in [3.63, 3.8) is 0 Å². The highest BCUT2D eigenvalue weighted by Gasteiger charge is 2.11. The summed E-state index contributed by atoms with van der Waals surface area (Å²) < 4.78 is 12.9. The van der Waals surface area contributed by atoms with Gasteiger partial charge in [-0.15, -0.1) is 0 Å². The van der Waals surface area contributed by atoms with E-state index in [4.69, 9.17) is 5.73 Å². The number of aliphatic hydroxyl groups excluding tert-OH is 1. The Labute approximate surface area is 106 Å². The van der Waals surface area contributed by atoms with Gasteiger partial charge < -0.3 is 16.2 Å².